The van der Waals surface area contributed by atoms with Gasteiger partial charge in [-0.1, -0.05) is 0 Å². The number of phenols is 3. The van der Waals surface area contributed by atoms with E-state index in [4.69, 9.17) is 37.9 Å². The van der Waals surface area contributed by atoms with Crippen molar-refractivity contribution in [3.63, 3.8) is 0 Å². The van der Waals surface area contributed by atoms with E-state index < -0.39 is 103 Å². The van der Waals surface area contributed by atoms with Gasteiger partial charge in [0.25, 0.3) is 0 Å². The van der Waals surface area contributed by atoms with Crippen LogP contribution < -0.4 is 14.2 Å². The van der Waals surface area contributed by atoms with Crippen molar-refractivity contribution < 1.29 is 88.6 Å². The number of aliphatic hydroxyl groups excluding tert-OH is 6. The second-order valence-electron chi connectivity index (χ2n) is 10.6. The number of aliphatic hydroxyl groups is 6. The topological polar surface area (TPSA) is 273 Å². The summed E-state index contributed by atoms with van der Waals surface area (Å²) in [6.45, 7) is -1.61. The van der Waals surface area contributed by atoms with Gasteiger partial charge in [-0.05, 0) is 29.8 Å². The zero-order chi connectivity index (χ0) is 34.6. The van der Waals surface area contributed by atoms with E-state index in [0.717, 1.165) is 12.1 Å². The number of carbonyl (C=O) groups excluding carboxylic acids is 1. The van der Waals surface area contributed by atoms with Crippen molar-refractivity contribution in [2.45, 2.75) is 68.0 Å². The molecule has 0 aromatic heterocycles. The van der Waals surface area contributed by atoms with E-state index >= 15 is 0 Å². The molecule has 0 saturated carbocycles. The van der Waals surface area contributed by atoms with E-state index in [1.807, 2.05) is 0 Å². The van der Waals surface area contributed by atoms with Crippen molar-refractivity contribution in [1.82, 2.24) is 0 Å². The Kier molecular flexibility index (Phi) is 11.9. The molecule has 0 bridgehead atoms. The van der Waals surface area contributed by atoms with E-state index in [1.165, 1.54) is 21.3 Å². The highest BCUT2D eigenvalue weighted by atomic mass is 16.7. The van der Waals surface area contributed by atoms with Crippen molar-refractivity contribution in [2.75, 3.05) is 34.5 Å². The van der Waals surface area contributed by atoms with Gasteiger partial charge < -0.3 is 83.9 Å². The maximum absolute atomic E-state index is 13.0. The lowest BCUT2D eigenvalue weighted by molar-refractivity contribution is -0.332. The Morgan fingerprint density at radius 1 is 0.723 bits per heavy atom. The largest absolute Gasteiger partial charge is 0.504 e. The summed E-state index contributed by atoms with van der Waals surface area (Å²) >= 11 is 0. The van der Waals surface area contributed by atoms with Crippen LogP contribution >= 0.6 is 0 Å². The molecule has 4 rings (SSSR count). The molecule has 0 spiro atoms. The molecule has 2 aliphatic rings. The predicted octanol–water partition coefficient (Wildman–Crippen LogP) is -2.17. The summed E-state index contributed by atoms with van der Waals surface area (Å²) in [5, 5.41) is 91.4. The molecule has 18 heteroatoms. The summed E-state index contributed by atoms with van der Waals surface area (Å²) < 4.78 is 43.7. The fourth-order valence-electron chi connectivity index (χ4n) is 5.02. The molecule has 9 N–H and O–H groups in total. The zero-order valence-electron chi connectivity index (χ0n) is 25.4. The molecule has 10 atom stereocenters. The van der Waals surface area contributed by atoms with Gasteiger partial charge in [-0.2, -0.15) is 0 Å². The highest BCUT2D eigenvalue weighted by Crippen LogP contribution is 2.39. The van der Waals surface area contributed by atoms with Gasteiger partial charge in [0.1, 0.15) is 42.7 Å². The predicted molar refractivity (Wildman–Crippen MR) is 152 cm³/mol. The van der Waals surface area contributed by atoms with Crippen molar-refractivity contribution in [3.05, 3.63) is 35.4 Å². The van der Waals surface area contributed by atoms with Crippen LogP contribution in [0.2, 0.25) is 0 Å². The molecular formula is C29H38O18. The van der Waals surface area contributed by atoms with Gasteiger partial charge in [-0.3, -0.25) is 0 Å². The number of rotatable bonds is 12. The molecule has 0 radical (unpaired) electrons. The number of methoxy groups -OCH3 is 3. The quantitative estimate of drug-likeness (QED) is 0.0856. The van der Waals surface area contributed by atoms with Crippen LogP contribution in [0, 0.1) is 0 Å². The van der Waals surface area contributed by atoms with Crippen LogP contribution in [0.15, 0.2) is 24.3 Å². The normalized spacial score (nSPS) is 30.8. The zero-order valence-corrected chi connectivity index (χ0v) is 25.4. The Morgan fingerprint density at radius 2 is 1.30 bits per heavy atom. The Bertz CT molecular complexity index is 1320. The average Bonchev–Trinajstić information content (AvgIpc) is 3.06. The molecule has 2 saturated heterocycles. The third kappa shape index (κ3) is 7.73. The molecular weight excluding hydrogens is 636 g/mol. The van der Waals surface area contributed by atoms with Gasteiger partial charge >= 0.3 is 5.97 Å². The number of hydrogen-bond donors (Lipinski definition) is 9. The number of hydrogen-bond acceptors (Lipinski definition) is 18. The Morgan fingerprint density at radius 3 is 1.85 bits per heavy atom. The summed E-state index contributed by atoms with van der Waals surface area (Å²) in [5.41, 5.74) is 0.00632. The first kappa shape index (κ1) is 36.2. The third-order valence-corrected chi connectivity index (χ3v) is 7.60. The van der Waals surface area contributed by atoms with Gasteiger partial charge in [0.15, 0.2) is 47.4 Å². The number of aromatic hydroxyl groups is 3. The van der Waals surface area contributed by atoms with Crippen LogP contribution in [0.3, 0.4) is 0 Å². The van der Waals surface area contributed by atoms with Crippen molar-refractivity contribution in [3.8, 4) is 34.5 Å². The van der Waals surface area contributed by atoms with Crippen LogP contribution in [0.4, 0.5) is 0 Å². The average molecular weight is 675 g/mol. The maximum atomic E-state index is 13.0. The summed E-state index contributed by atoms with van der Waals surface area (Å²) in [4.78, 5) is 13.0. The fraction of sp³-hybridized carbons (Fsp3) is 0.552. The Hall–Kier alpha value is -3.69. The van der Waals surface area contributed by atoms with E-state index in [-0.39, 0.29) is 6.61 Å². The van der Waals surface area contributed by atoms with E-state index in [2.05, 4.69) is 0 Å². The van der Waals surface area contributed by atoms with Crippen molar-refractivity contribution >= 4 is 5.97 Å². The van der Waals surface area contributed by atoms with Crippen LogP contribution in [0.5, 0.6) is 34.5 Å². The first-order valence-corrected chi connectivity index (χ1v) is 14.1. The van der Waals surface area contributed by atoms with Crippen LogP contribution in [0.1, 0.15) is 15.9 Å². The lowest BCUT2D eigenvalue weighted by Crippen LogP contribution is -2.62. The van der Waals surface area contributed by atoms with Gasteiger partial charge in [-0.25, -0.2) is 4.79 Å². The van der Waals surface area contributed by atoms with Gasteiger partial charge in [-0.15, -0.1) is 0 Å². The van der Waals surface area contributed by atoms with E-state index in [9.17, 15) is 50.8 Å². The smallest absolute Gasteiger partial charge is 0.338 e. The molecule has 2 aliphatic heterocycles. The van der Waals surface area contributed by atoms with E-state index in [0.29, 0.717) is 22.8 Å². The molecule has 1 unspecified atom stereocenters. The third-order valence-electron chi connectivity index (χ3n) is 7.60. The van der Waals surface area contributed by atoms with Gasteiger partial charge in [0.05, 0.1) is 46.7 Å². The number of carbonyl (C=O) groups is 1. The molecule has 0 aliphatic carbocycles. The molecule has 2 heterocycles. The summed E-state index contributed by atoms with van der Waals surface area (Å²) in [6, 6.07) is 4.69. The molecule has 18 nitrogen and oxygen atoms in total. The minimum atomic E-state index is -1.85. The number of ether oxygens (including phenoxy) is 8. The van der Waals surface area contributed by atoms with Crippen molar-refractivity contribution in [2.24, 2.45) is 0 Å². The number of esters is 1. The minimum absolute atomic E-state index is 0.255. The molecule has 2 aromatic carbocycles. The van der Waals surface area contributed by atoms with Gasteiger partial charge in [0.2, 0.25) is 5.75 Å². The standard InChI is InChI=1S/C29H38O18/c1-40-15-4-11(5-16(41-2)25(15)42-3)9-43-29-24(38)26(47-27(39)12-6-13(31)19(33)14(32)7-12)21(35)18(46-29)10-44-28-23(37)22(36)20(34)17(8-30)45-28/h4-7,17-18,20-24,26,28-38H,8-10H2,1-3H3/t17-,18-,20-,21-,22+,23-,24-,26+,28?,29-/m1/s1. The summed E-state index contributed by atoms with van der Waals surface area (Å²) in [6.07, 6.45) is -16.6. The van der Waals surface area contributed by atoms with Gasteiger partial charge in [0, 0.05) is 0 Å². The summed E-state index contributed by atoms with van der Waals surface area (Å²) in [5.74, 6) is -2.92. The van der Waals surface area contributed by atoms with Crippen molar-refractivity contribution in [1.29, 1.82) is 0 Å². The fourth-order valence-corrected chi connectivity index (χ4v) is 5.02. The minimum Gasteiger partial charge on any atom is -0.504 e. The first-order valence-electron chi connectivity index (χ1n) is 14.1. The summed E-state index contributed by atoms with van der Waals surface area (Å²) in [7, 11) is 4.23. The second kappa shape index (κ2) is 15.5. The van der Waals surface area contributed by atoms with Crippen LogP contribution in [0.25, 0.3) is 0 Å². The Balaban J connectivity index is 1.57. The van der Waals surface area contributed by atoms with Crippen LogP contribution in [-0.4, -0.2) is 148 Å². The highest BCUT2D eigenvalue weighted by Gasteiger charge is 2.49. The van der Waals surface area contributed by atoms with Crippen LogP contribution in [-0.2, 0) is 30.3 Å². The molecule has 2 aromatic rings. The molecule has 47 heavy (non-hydrogen) atoms. The molecule has 262 valence electrons. The van der Waals surface area contributed by atoms with E-state index in [1.54, 1.807) is 12.1 Å². The molecule has 0 amide bonds. The highest BCUT2D eigenvalue weighted by molar-refractivity contribution is 5.91. The second-order valence-corrected chi connectivity index (χ2v) is 10.6. The lowest BCUT2D eigenvalue weighted by Gasteiger charge is -2.43. The molecule has 2 fully saturated rings. The number of benzene rings is 2. The first-order chi connectivity index (χ1) is 22.3. The monoisotopic (exact) mass is 674 g/mol. The Labute approximate surface area is 267 Å². The maximum Gasteiger partial charge on any atom is 0.338 e. The SMILES string of the molecule is COc1cc(CO[C@@H]2O[C@H](COC3O[C@H](CO)[C@@H](O)[C@H](O)[C@H]3O)[C@@H](O)[C@H](OC(=O)c3cc(O)c(O)c(O)c3)[C@H]2O)cc(OC)c1OC. The number of phenolic OH excluding ortho intramolecular Hbond substituents is 3. The lowest BCUT2D eigenvalue weighted by atomic mass is 9.98.